The maximum atomic E-state index is 3.07. The Morgan fingerprint density at radius 3 is 1.14 bits per heavy atom. The van der Waals surface area contributed by atoms with E-state index in [1.807, 2.05) is 5.57 Å². The Morgan fingerprint density at radius 2 is 0.627 bits per heavy atom. The molecular weight excluding hydrogens is 1230 g/mol. The van der Waals surface area contributed by atoms with Crippen LogP contribution in [0.15, 0.2) is 144 Å². The second kappa shape index (κ2) is 76.1. The molecule has 102 heavy (non-hydrogen) atoms. The second-order valence-corrected chi connectivity index (χ2v) is 31.8. The third-order valence-corrected chi connectivity index (χ3v) is 22.6. The van der Waals surface area contributed by atoms with Crippen LogP contribution in [0.5, 0.6) is 0 Å². The van der Waals surface area contributed by atoms with Crippen molar-refractivity contribution in [3.05, 3.63) is 144 Å². The molecule has 0 heteroatoms. The van der Waals surface area contributed by atoms with Gasteiger partial charge in [-0.05, 0) is 210 Å². The van der Waals surface area contributed by atoms with Crippen LogP contribution in [0.3, 0.4) is 0 Å². The SMILES string of the molecule is CCCC=CCCC(CC=CCCCC)(C(C=CCCCCC)CCC)C(C=CCCCCCC)(CC=CCCCCC)C(CCC=CCCCC)=C(C=CCCCCCCC)C(CC=CCCCCCC)(CCC=CCCCCC)/C(=C\CCCCCCCCC)CC=CCCCCCCC. The zero-order valence-corrected chi connectivity index (χ0v) is 71.5. The molecule has 4 unspecified atom stereocenters. The Labute approximate surface area is 643 Å². The lowest BCUT2D eigenvalue weighted by molar-refractivity contribution is 0.0440. The Bertz CT molecular complexity index is 2150. The molecule has 0 bridgehead atoms. The van der Waals surface area contributed by atoms with E-state index in [-0.39, 0.29) is 16.2 Å². The minimum Gasteiger partial charge on any atom is -0.0885 e. The first-order valence-corrected chi connectivity index (χ1v) is 46.3. The zero-order valence-electron chi connectivity index (χ0n) is 71.5. The molecule has 0 aromatic carbocycles. The summed E-state index contributed by atoms with van der Waals surface area (Å²) in [6, 6.07) is 0. The van der Waals surface area contributed by atoms with Gasteiger partial charge in [0.25, 0.3) is 0 Å². The van der Waals surface area contributed by atoms with Crippen molar-refractivity contribution < 1.29 is 0 Å². The van der Waals surface area contributed by atoms with Gasteiger partial charge in [0, 0.05) is 10.8 Å². The minimum atomic E-state index is -0.304. The van der Waals surface area contributed by atoms with Gasteiger partial charge in [0.1, 0.15) is 0 Å². The van der Waals surface area contributed by atoms with Crippen molar-refractivity contribution >= 4 is 0 Å². The number of hydrogen-bond donors (Lipinski definition) is 0. The van der Waals surface area contributed by atoms with Crippen molar-refractivity contribution in [3.63, 3.8) is 0 Å². The maximum Gasteiger partial charge on any atom is 0.0202 e. The number of unbranched alkanes of at least 4 members (excludes halogenated alkanes) is 39. The summed E-state index contributed by atoms with van der Waals surface area (Å²) in [6.45, 7) is 28.8. The largest absolute Gasteiger partial charge is 0.0885 e. The summed E-state index contributed by atoms with van der Waals surface area (Å²) in [6.07, 6.45) is 135. The van der Waals surface area contributed by atoms with Crippen LogP contribution in [-0.4, -0.2) is 0 Å². The molecule has 0 saturated carbocycles. The van der Waals surface area contributed by atoms with Gasteiger partial charge in [0.15, 0.2) is 0 Å². The predicted octanol–water partition coefficient (Wildman–Crippen LogP) is 36.8. The van der Waals surface area contributed by atoms with E-state index in [0.29, 0.717) is 5.92 Å². The molecule has 590 valence electrons. The molecule has 0 heterocycles. The van der Waals surface area contributed by atoms with E-state index in [0.717, 1.165) is 77.0 Å². The molecule has 0 N–H and O–H groups in total. The van der Waals surface area contributed by atoms with E-state index in [1.165, 1.54) is 321 Å². The molecule has 0 nitrogen and oxygen atoms in total. The van der Waals surface area contributed by atoms with Gasteiger partial charge < -0.3 is 0 Å². The van der Waals surface area contributed by atoms with E-state index in [2.05, 4.69) is 211 Å². The molecule has 0 fully saturated rings. The van der Waals surface area contributed by atoms with Gasteiger partial charge in [-0.25, -0.2) is 0 Å². The van der Waals surface area contributed by atoms with Crippen LogP contribution in [0.2, 0.25) is 0 Å². The average Bonchev–Trinajstić information content (AvgIpc) is 0.719. The van der Waals surface area contributed by atoms with Crippen molar-refractivity contribution in [1.29, 1.82) is 0 Å². The van der Waals surface area contributed by atoms with Gasteiger partial charge >= 0.3 is 0 Å². The highest BCUT2D eigenvalue weighted by atomic mass is 14.6. The molecule has 0 aliphatic rings. The lowest BCUT2D eigenvalue weighted by Gasteiger charge is -2.56. The van der Waals surface area contributed by atoms with Crippen LogP contribution in [0, 0.1) is 22.2 Å². The summed E-state index contributed by atoms with van der Waals surface area (Å²) in [5.74, 6) is 0.396. The molecule has 0 aliphatic heterocycles. The fraction of sp³-hybridized carbons (Fsp3) is 0.765. The van der Waals surface area contributed by atoms with E-state index >= 15 is 0 Å². The lowest BCUT2D eigenvalue weighted by Crippen LogP contribution is -2.48. The Balaban J connectivity index is 11.5. The normalized spacial score (nSPS) is 15.4. The summed E-state index contributed by atoms with van der Waals surface area (Å²) >= 11 is 0. The fourth-order valence-electron chi connectivity index (χ4n) is 16.2. The summed E-state index contributed by atoms with van der Waals surface area (Å²) in [4.78, 5) is 0. The Hall–Kier alpha value is -3.12. The number of hydrogen-bond acceptors (Lipinski definition) is 0. The Morgan fingerprint density at radius 1 is 0.265 bits per heavy atom. The predicted molar refractivity (Wildman–Crippen MR) is 472 cm³/mol. The highest BCUT2D eigenvalue weighted by Crippen LogP contribution is 2.64. The molecule has 0 saturated heterocycles. The molecule has 0 rings (SSSR count). The van der Waals surface area contributed by atoms with Gasteiger partial charge in [0.05, 0.1) is 0 Å². The quantitative estimate of drug-likeness (QED) is 0.0323. The van der Waals surface area contributed by atoms with Crippen molar-refractivity contribution in [2.75, 3.05) is 0 Å². The molecule has 0 spiro atoms. The van der Waals surface area contributed by atoms with Crippen molar-refractivity contribution in [3.8, 4) is 0 Å². The molecule has 4 atom stereocenters. The van der Waals surface area contributed by atoms with Crippen LogP contribution in [0.25, 0.3) is 0 Å². The number of allylic oxidation sites excluding steroid dienone is 24. The van der Waals surface area contributed by atoms with E-state index in [9.17, 15) is 0 Å². The van der Waals surface area contributed by atoms with Crippen molar-refractivity contribution in [2.45, 2.75) is 481 Å². The molecule has 0 aliphatic carbocycles. The Kier molecular flexibility index (Phi) is 73.8. The average molecular weight is 1410 g/mol. The first-order valence-electron chi connectivity index (χ1n) is 46.3. The number of rotatable bonds is 77. The van der Waals surface area contributed by atoms with Gasteiger partial charge in [0.2, 0.25) is 0 Å². The van der Waals surface area contributed by atoms with Crippen LogP contribution >= 0.6 is 0 Å². The smallest absolute Gasteiger partial charge is 0.0202 e. The van der Waals surface area contributed by atoms with E-state index in [4.69, 9.17) is 0 Å². The highest BCUT2D eigenvalue weighted by molar-refractivity contribution is 5.48. The standard InChI is InChI=1S/C102H182/c1-13-25-36-47-55-58-63-73-85-96(86-74-64-59-56-48-37-26-14-2)100(90-78-69-60-50-39-28-16-4,91-79-70-61-51-40-29-17-5)98(88-76-66-57-49-38-27-15-3)99(89-77-65-52-41-30-18-6)102(94-82-71-53-42-31-19-7,95-83-72-54-43-32-20-8)101(92-80-67-45-34-22-10,93-81-68-46-35-23-11)97(84-24-12)87-75-62-44-33-21-9/h45,52,60,63,65,67-71,73,75-76,79,81-83,86-88,95,97H,13-44,46-51,53-59,61-62,64,66,72,74,77-78,80,84-85,89-94H2,1-12H3/b65-52?,67-45?,69-60?,73-63?,79-70?,81-68?,82-71?,87-75?,88-76?,95-83?,96-86-,99-98?. The van der Waals surface area contributed by atoms with Gasteiger partial charge in [-0.2, -0.15) is 0 Å². The van der Waals surface area contributed by atoms with E-state index < -0.39 is 0 Å². The minimum absolute atomic E-state index is 0.128. The summed E-state index contributed by atoms with van der Waals surface area (Å²) in [7, 11) is 0. The molecule has 0 radical (unpaired) electrons. The summed E-state index contributed by atoms with van der Waals surface area (Å²) < 4.78 is 0. The molecule has 0 aromatic heterocycles. The summed E-state index contributed by atoms with van der Waals surface area (Å²) in [5, 5.41) is 0. The first kappa shape index (κ1) is 98.9. The van der Waals surface area contributed by atoms with Gasteiger partial charge in [-0.15, -0.1) is 0 Å². The van der Waals surface area contributed by atoms with Crippen molar-refractivity contribution in [2.24, 2.45) is 22.2 Å². The third kappa shape index (κ3) is 49.0. The first-order chi connectivity index (χ1) is 50.3. The van der Waals surface area contributed by atoms with Gasteiger partial charge in [-0.1, -0.05) is 427 Å². The zero-order chi connectivity index (χ0) is 74.5. The molecule has 0 amide bonds. The molecule has 0 aromatic rings. The van der Waals surface area contributed by atoms with Gasteiger partial charge in [-0.3, -0.25) is 0 Å². The van der Waals surface area contributed by atoms with Crippen LogP contribution in [0.4, 0.5) is 0 Å². The monoisotopic (exact) mass is 1410 g/mol. The van der Waals surface area contributed by atoms with Crippen molar-refractivity contribution in [1.82, 2.24) is 0 Å². The van der Waals surface area contributed by atoms with Crippen LogP contribution < -0.4 is 0 Å². The third-order valence-electron chi connectivity index (χ3n) is 22.6. The maximum absolute atomic E-state index is 3.07. The van der Waals surface area contributed by atoms with Crippen LogP contribution in [-0.2, 0) is 0 Å². The second-order valence-electron chi connectivity index (χ2n) is 31.8. The fourth-order valence-corrected chi connectivity index (χ4v) is 16.2. The van der Waals surface area contributed by atoms with E-state index in [1.54, 1.807) is 11.1 Å². The topological polar surface area (TPSA) is 0 Å². The highest BCUT2D eigenvalue weighted by Gasteiger charge is 2.55. The molecular formula is C102H182. The lowest BCUT2D eigenvalue weighted by atomic mass is 9.47. The summed E-state index contributed by atoms with van der Waals surface area (Å²) in [5.41, 5.74) is 4.64. The van der Waals surface area contributed by atoms with Crippen LogP contribution in [0.1, 0.15) is 481 Å².